The maximum Gasteiger partial charge on any atom is 0.123 e. The summed E-state index contributed by atoms with van der Waals surface area (Å²) in [6.07, 6.45) is 0.767. The quantitative estimate of drug-likeness (QED) is 0.700. The van der Waals surface area contributed by atoms with Gasteiger partial charge in [0.1, 0.15) is 17.6 Å². The molecule has 0 saturated heterocycles. The summed E-state index contributed by atoms with van der Waals surface area (Å²) in [5.74, 6) is -0.248. The summed E-state index contributed by atoms with van der Waals surface area (Å²) >= 11 is 0. The van der Waals surface area contributed by atoms with Crippen LogP contribution in [0.1, 0.15) is 28.1 Å². The van der Waals surface area contributed by atoms with E-state index in [4.69, 9.17) is 0 Å². The van der Waals surface area contributed by atoms with Crippen molar-refractivity contribution in [2.75, 3.05) is 0 Å². The first-order chi connectivity index (χ1) is 11.2. The molecule has 1 heterocycles. The molecule has 0 aliphatic carbocycles. The molecule has 0 radical (unpaired) electrons. The maximum atomic E-state index is 13.1. The minimum absolute atomic E-state index is 0.248. The van der Waals surface area contributed by atoms with Gasteiger partial charge in [-0.3, -0.25) is 0 Å². The molecule has 0 spiro atoms. The van der Waals surface area contributed by atoms with E-state index in [0.29, 0.717) is 12.2 Å². The van der Waals surface area contributed by atoms with Crippen LogP contribution in [-0.2, 0) is 13.0 Å². The molecule has 0 saturated carbocycles. The van der Waals surface area contributed by atoms with Crippen LogP contribution in [0.5, 0.6) is 0 Å². The Morgan fingerprint density at radius 3 is 2.22 bits per heavy atom. The Kier molecular flexibility index (Phi) is 4.25. The van der Waals surface area contributed by atoms with E-state index in [1.807, 2.05) is 16.7 Å². The normalized spacial score (nSPS) is 10.5. The molecular weight excluding hydrogens is 287 g/mol. The van der Waals surface area contributed by atoms with Gasteiger partial charge in [0, 0.05) is 18.7 Å². The summed E-state index contributed by atoms with van der Waals surface area (Å²) < 4.78 is 15.0. The van der Waals surface area contributed by atoms with E-state index in [2.05, 4.69) is 37.3 Å². The van der Waals surface area contributed by atoms with Gasteiger partial charge in [-0.15, -0.1) is 0 Å². The third kappa shape index (κ3) is 3.49. The molecule has 3 heteroatoms. The van der Waals surface area contributed by atoms with Gasteiger partial charge in [-0.2, -0.15) is 5.26 Å². The Morgan fingerprint density at radius 2 is 1.57 bits per heavy atom. The van der Waals surface area contributed by atoms with Crippen molar-refractivity contribution in [3.8, 4) is 6.07 Å². The smallest absolute Gasteiger partial charge is 0.123 e. The number of hydrogen-bond donors (Lipinski definition) is 0. The third-order valence-corrected chi connectivity index (χ3v) is 3.95. The molecule has 0 aliphatic heterocycles. The average molecular weight is 304 g/mol. The Labute approximate surface area is 135 Å². The summed E-state index contributed by atoms with van der Waals surface area (Å²) in [6.45, 7) is 2.63. The van der Waals surface area contributed by atoms with Gasteiger partial charge in [0.05, 0.1) is 0 Å². The topological polar surface area (TPSA) is 28.7 Å². The molecule has 0 N–H and O–H groups in total. The van der Waals surface area contributed by atoms with Crippen molar-refractivity contribution in [3.05, 3.63) is 94.6 Å². The van der Waals surface area contributed by atoms with Crippen molar-refractivity contribution in [2.24, 2.45) is 0 Å². The molecule has 114 valence electrons. The zero-order chi connectivity index (χ0) is 16.2. The first-order valence-electron chi connectivity index (χ1n) is 7.54. The van der Waals surface area contributed by atoms with Crippen molar-refractivity contribution in [2.45, 2.75) is 19.9 Å². The molecule has 0 amide bonds. The summed E-state index contributed by atoms with van der Waals surface area (Å²) in [5, 5.41) is 9.33. The predicted molar refractivity (Wildman–Crippen MR) is 88.6 cm³/mol. The number of nitriles is 1. The van der Waals surface area contributed by atoms with Crippen molar-refractivity contribution >= 4 is 0 Å². The average Bonchev–Trinajstić information content (AvgIpc) is 2.93. The number of rotatable bonds is 4. The van der Waals surface area contributed by atoms with E-state index in [1.54, 1.807) is 12.1 Å². The minimum Gasteiger partial charge on any atom is -0.332 e. The fourth-order valence-corrected chi connectivity index (χ4v) is 2.64. The van der Waals surface area contributed by atoms with Crippen LogP contribution in [0.25, 0.3) is 0 Å². The van der Waals surface area contributed by atoms with Gasteiger partial charge in [-0.1, -0.05) is 42.0 Å². The van der Waals surface area contributed by atoms with Gasteiger partial charge < -0.3 is 4.57 Å². The van der Waals surface area contributed by atoms with Gasteiger partial charge in [-0.05, 0) is 42.3 Å². The molecule has 3 aromatic rings. The maximum absolute atomic E-state index is 13.1. The van der Waals surface area contributed by atoms with Crippen LogP contribution in [-0.4, -0.2) is 4.57 Å². The highest BCUT2D eigenvalue weighted by atomic mass is 19.1. The third-order valence-electron chi connectivity index (χ3n) is 3.95. The molecule has 0 aliphatic rings. The van der Waals surface area contributed by atoms with Gasteiger partial charge >= 0.3 is 0 Å². The molecule has 0 unspecified atom stereocenters. The van der Waals surface area contributed by atoms with Gasteiger partial charge in [0.25, 0.3) is 0 Å². The molecule has 0 bridgehead atoms. The Balaban J connectivity index is 1.89. The molecule has 2 aromatic carbocycles. The van der Waals surface area contributed by atoms with Crippen LogP contribution < -0.4 is 0 Å². The molecule has 3 rings (SSSR count). The zero-order valence-corrected chi connectivity index (χ0v) is 13.0. The second kappa shape index (κ2) is 6.50. The zero-order valence-electron chi connectivity index (χ0n) is 13.0. The van der Waals surface area contributed by atoms with E-state index >= 15 is 0 Å². The fraction of sp³-hybridized carbons (Fsp3) is 0.150. The van der Waals surface area contributed by atoms with Crippen LogP contribution >= 0.6 is 0 Å². The van der Waals surface area contributed by atoms with E-state index in [9.17, 15) is 9.65 Å². The van der Waals surface area contributed by atoms with Crippen molar-refractivity contribution in [1.29, 1.82) is 5.26 Å². The van der Waals surface area contributed by atoms with E-state index < -0.39 is 0 Å². The van der Waals surface area contributed by atoms with Gasteiger partial charge in [0.15, 0.2) is 0 Å². The van der Waals surface area contributed by atoms with Crippen LogP contribution in [0.15, 0.2) is 60.7 Å². The predicted octanol–water partition coefficient (Wildman–Crippen LogP) is 4.45. The van der Waals surface area contributed by atoms with Crippen molar-refractivity contribution in [1.82, 2.24) is 4.57 Å². The number of halogens is 1. The number of benzene rings is 2. The summed E-state index contributed by atoms with van der Waals surface area (Å²) in [5.41, 5.74) is 5.11. The second-order valence-corrected chi connectivity index (χ2v) is 5.70. The number of aryl methyl sites for hydroxylation is 1. The molecule has 23 heavy (non-hydrogen) atoms. The van der Waals surface area contributed by atoms with Crippen LogP contribution in [0.2, 0.25) is 0 Å². The first kappa shape index (κ1) is 15.1. The summed E-state index contributed by atoms with van der Waals surface area (Å²) in [7, 11) is 0. The van der Waals surface area contributed by atoms with E-state index in [0.717, 1.165) is 17.7 Å². The first-order valence-corrected chi connectivity index (χ1v) is 7.54. The van der Waals surface area contributed by atoms with E-state index in [1.165, 1.54) is 23.3 Å². The van der Waals surface area contributed by atoms with Gasteiger partial charge in [-0.25, -0.2) is 4.39 Å². The molecule has 1 aromatic heterocycles. The Hall–Kier alpha value is -2.86. The van der Waals surface area contributed by atoms with Crippen LogP contribution in [0, 0.1) is 24.1 Å². The Morgan fingerprint density at radius 1 is 0.913 bits per heavy atom. The highest BCUT2D eigenvalue weighted by Gasteiger charge is 2.09. The standard InChI is InChI=1S/C20H17FN2/c1-15-2-4-16(5-3-15)12-19-10-11-20(13-22)23(19)14-17-6-8-18(21)9-7-17/h2-11H,12,14H2,1H3. The highest BCUT2D eigenvalue weighted by molar-refractivity contribution is 5.33. The SMILES string of the molecule is Cc1ccc(Cc2ccc(C#N)n2Cc2ccc(F)cc2)cc1. The number of nitrogens with zero attached hydrogens (tertiary/aromatic N) is 2. The number of hydrogen-bond acceptors (Lipinski definition) is 1. The highest BCUT2D eigenvalue weighted by Crippen LogP contribution is 2.17. The van der Waals surface area contributed by atoms with Crippen molar-refractivity contribution < 1.29 is 4.39 Å². The Bertz CT molecular complexity index is 837. The lowest BCUT2D eigenvalue weighted by Gasteiger charge is -2.11. The minimum atomic E-state index is -0.248. The largest absolute Gasteiger partial charge is 0.332 e. The van der Waals surface area contributed by atoms with E-state index in [-0.39, 0.29) is 5.82 Å². The second-order valence-electron chi connectivity index (χ2n) is 5.70. The number of aromatic nitrogens is 1. The molecule has 0 atom stereocenters. The lowest BCUT2D eigenvalue weighted by Crippen LogP contribution is -2.07. The fourth-order valence-electron chi connectivity index (χ4n) is 2.64. The van der Waals surface area contributed by atoms with Crippen LogP contribution in [0.4, 0.5) is 4.39 Å². The summed E-state index contributed by atoms with van der Waals surface area (Å²) in [4.78, 5) is 0. The summed E-state index contributed by atoms with van der Waals surface area (Å²) in [6, 6.07) is 20.9. The monoisotopic (exact) mass is 304 g/mol. The molecule has 0 fully saturated rings. The van der Waals surface area contributed by atoms with Crippen molar-refractivity contribution in [3.63, 3.8) is 0 Å². The van der Waals surface area contributed by atoms with Gasteiger partial charge in [0.2, 0.25) is 0 Å². The molecule has 2 nitrogen and oxygen atoms in total. The lowest BCUT2D eigenvalue weighted by molar-refractivity contribution is 0.626. The van der Waals surface area contributed by atoms with Crippen LogP contribution in [0.3, 0.4) is 0 Å². The molecular formula is C20H17FN2. The lowest BCUT2D eigenvalue weighted by atomic mass is 10.1.